The average Bonchev–Trinajstić information content (AvgIpc) is 2.39. The van der Waals surface area contributed by atoms with Gasteiger partial charge < -0.3 is 5.11 Å². The van der Waals surface area contributed by atoms with Gasteiger partial charge in [-0.05, 0) is 36.0 Å². The van der Waals surface area contributed by atoms with E-state index in [9.17, 15) is 9.18 Å². The molecule has 0 heterocycles. The van der Waals surface area contributed by atoms with E-state index in [1.54, 1.807) is 12.1 Å². The SMILES string of the molecule is O=C(O)C(F)Cc1ccc(C2CCCCC2)c(Cl)c1. The molecule has 19 heavy (non-hydrogen) atoms. The molecule has 0 spiro atoms. The molecule has 2 rings (SSSR count). The van der Waals surface area contributed by atoms with Gasteiger partial charge in [0.2, 0.25) is 6.17 Å². The summed E-state index contributed by atoms with van der Waals surface area (Å²) in [5.74, 6) is -0.927. The number of hydrogen-bond donors (Lipinski definition) is 1. The highest BCUT2D eigenvalue weighted by Crippen LogP contribution is 2.36. The number of benzene rings is 1. The van der Waals surface area contributed by atoms with Crippen LogP contribution in [0.25, 0.3) is 0 Å². The van der Waals surface area contributed by atoms with E-state index in [2.05, 4.69) is 0 Å². The average molecular weight is 285 g/mol. The zero-order chi connectivity index (χ0) is 13.8. The zero-order valence-corrected chi connectivity index (χ0v) is 11.5. The van der Waals surface area contributed by atoms with Gasteiger partial charge in [0.1, 0.15) is 0 Å². The van der Waals surface area contributed by atoms with Crippen molar-refractivity contribution in [1.29, 1.82) is 0 Å². The highest BCUT2D eigenvalue weighted by atomic mass is 35.5. The van der Waals surface area contributed by atoms with Gasteiger partial charge in [-0.25, -0.2) is 9.18 Å². The number of carbonyl (C=O) groups is 1. The molecule has 0 aromatic heterocycles. The van der Waals surface area contributed by atoms with Gasteiger partial charge in [0.05, 0.1) is 0 Å². The predicted molar refractivity (Wildman–Crippen MR) is 73.5 cm³/mol. The summed E-state index contributed by atoms with van der Waals surface area (Å²) in [6.45, 7) is 0. The van der Waals surface area contributed by atoms with Crippen molar-refractivity contribution >= 4 is 17.6 Å². The molecule has 4 heteroatoms. The second-order valence-corrected chi connectivity index (χ2v) is 5.61. The van der Waals surface area contributed by atoms with Crippen LogP contribution in [0.2, 0.25) is 5.02 Å². The first kappa shape index (κ1) is 14.3. The molecule has 1 N–H and O–H groups in total. The van der Waals surface area contributed by atoms with Crippen LogP contribution in [0.5, 0.6) is 0 Å². The second-order valence-electron chi connectivity index (χ2n) is 5.20. The molecule has 0 aliphatic heterocycles. The largest absolute Gasteiger partial charge is 0.479 e. The van der Waals surface area contributed by atoms with Gasteiger partial charge in [0, 0.05) is 11.4 Å². The quantitative estimate of drug-likeness (QED) is 0.892. The Balaban J connectivity index is 2.10. The molecule has 1 fully saturated rings. The molecule has 1 saturated carbocycles. The van der Waals surface area contributed by atoms with Crippen LogP contribution in [0.1, 0.15) is 49.1 Å². The highest BCUT2D eigenvalue weighted by Gasteiger charge is 2.20. The van der Waals surface area contributed by atoms with Gasteiger partial charge in [0.15, 0.2) is 0 Å². The van der Waals surface area contributed by atoms with Crippen molar-refractivity contribution in [3.8, 4) is 0 Å². The fourth-order valence-corrected chi connectivity index (χ4v) is 3.09. The molecule has 104 valence electrons. The third kappa shape index (κ3) is 3.69. The maximum atomic E-state index is 13.2. The Kier molecular flexibility index (Phi) is 4.81. The van der Waals surface area contributed by atoms with Crippen molar-refractivity contribution in [3.05, 3.63) is 34.3 Å². The smallest absolute Gasteiger partial charge is 0.338 e. The minimum atomic E-state index is -1.86. The van der Waals surface area contributed by atoms with E-state index in [-0.39, 0.29) is 6.42 Å². The molecule has 1 aliphatic rings. The molecule has 1 aliphatic carbocycles. The standard InChI is InChI=1S/C15H18ClFO2/c16-13-8-10(9-14(17)15(18)19)6-7-12(13)11-4-2-1-3-5-11/h6-8,11,14H,1-5,9H2,(H,18,19). The Morgan fingerprint density at radius 1 is 1.37 bits per heavy atom. The van der Waals surface area contributed by atoms with E-state index in [1.165, 1.54) is 19.3 Å². The number of rotatable bonds is 4. The first-order chi connectivity index (χ1) is 9.08. The molecule has 0 amide bonds. The zero-order valence-electron chi connectivity index (χ0n) is 10.7. The normalized spacial score (nSPS) is 18.2. The lowest BCUT2D eigenvalue weighted by Crippen LogP contribution is -2.17. The lowest BCUT2D eigenvalue weighted by atomic mass is 9.83. The number of alkyl halides is 1. The number of halogens is 2. The predicted octanol–water partition coefficient (Wildman–Crippen LogP) is 4.35. The van der Waals surface area contributed by atoms with Gasteiger partial charge in [-0.15, -0.1) is 0 Å². The number of carboxylic acids is 1. The molecular weight excluding hydrogens is 267 g/mol. The van der Waals surface area contributed by atoms with Gasteiger partial charge in [0.25, 0.3) is 0 Å². The molecule has 1 aromatic rings. The summed E-state index contributed by atoms with van der Waals surface area (Å²) < 4.78 is 13.2. The van der Waals surface area contributed by atoms with Crippen LogP contribution in [0.4, 0.5) is 4.39 Å². The first-order valence-corrected chi connectivity index (χ1v) is 7.11. The van der Waals surface area contributed by atoms with Crippen LogP contribution in [-0.4, -0.2) is 17.2 Å². The van der Waals surface area contributed by atoms with E-state index in [0.717, 1.165) is 18.4 Å². The van der Waals surface area contributed by atoms with Crippen LogP contribution < -0.4 is 0 Å². The van der Waals surface area contributed by atoms with E-state index >= 15 is 0 Å². The van der Waals surface area contributed by atoms with E-state index < -0.39 is 12.1 Å². The van der Waals surface area contributed by atoms with Crippen LogP contribution >= 0.6 is 11.6 Å². The van der Waals surface area contributed by atoms with Gasteiger partial charge in [-0.3, -0.25) is 0 Å². The number of carboxylic acid groups (broad SMARTS) is 1. The summed E-state index contributed by atoms with van der Waals surface area (Å²) >= 11 is 6.26. The fourth-order valence-electron chi connectivity index (χ4n) is 2.74. The molecule has 2 nitrogen and oxygen atoms in total. The Bertz CT molecular complexity index is 455. The number of hydrogen-bond acceptors (Lipinski definition) is 1. The summed E-state index contributed by atoms with van der Waals surface area (Å²) in [6.07, 6.45) is 4.06. The van der Waals surface area contributed by atoms with Crippen LogP contribution in [0.3, 0.4) is 0 Å². The van der Waals surface area contributed by atoms with Crippen molar-refractivity contribution < 1.29 is 14.3 Å². The molecule has 0 radical (unpaired) electrons. The van der Waals surface area contributed by atoms with Gasteiger partial charge in [-0.1, -0.05) is 43.0 Å². The fraction of sp³-hybridized carbons (Fsp3) is 0.533. The van der Waals surface area contributed by atoms with Crippen LogP contribution in [-0.2, 0) is 11.2 Å². The molecule has 1 aromatic carbocycles. The van der Waals surface area contributed by atoms with Crippen molar-refractivity contribution in [3.63, 3.8) is 0 Å². The molecule has 0 saturated heterocycles. The van der Waals surface area contributed by atoms with Crippen molar-refractivity contribution in [2.75, 3.05) is 0 Å². The first-order valence-electron chi connectivity index (χ1n) is 6.73. The van der Waals surface area contributed by atoms with E-state index in [0.29, 0.717) is 16.5 Å². The lowest BCUT2D eigenvalue weighted by Gasteiger charge is -2.23. The molecule has 1 unspecified atom stereocenters. The molecule has 0 bridgehead atoms. The Labute approximate surface area is 117 Å². The Morgan fingerprint density at radius 3 is 2.63 bits per heavy atom. The summed E-state index contributed by atoms with van der Waals surface area (Å²) in [7, 11) is 0. The third-order valence-electron chi connectivity index (χ3n) is 3.79. The second kappa shape index (κ2) is 6.38. The van der Waals surface area contributed by atoms with Gasteiger partial charge in [-0.2, -0.15) is 0 Å². The van der Waals surface area contributed by atoms with Crippen molar-refractivity contribution in [2.24, 2.45) is 0 Å². The van der Waals surface area contributed by atoms with E-state index in [4.69, 9.17) is 16.7 Å². The van der Waals surface area contributed by atoms with E-state index in [1.807, 2.05) is 6.07 Å². The Hall–Kier alpha value is -1.09. The third-order valence-corrected chi connectivity index (χ3v) is 4.12. The maximum Gasteiger partial charge on any atom is 0.338 e. The van der Waals surface area contributed by atoms with Crippen molar-refractivity contribution in [2.45, 2.75) is 50.6 Å². The summed E-state index contributed by atoms with van der Waals surface area (Å²) in [4.78, 5) is 10.5. The maximum absolute atomic E-state index is 13.2. The highest BCUT2D eigenvalue weighted by molar-refractivity contribution is 6.31. The summed E-state index contributed by atoms with van der Waals surface area (Å²) in [6, 6.07) is 5.44. The van der Waals surface area contributed by atoms with Crippen LogP contribution in [0.15, 0.2) is 18.2 Å². The van der Waals surface area contributed by atoms with Crippen molar-refractivity contribution in [1.82, 2.24) is 0 Å². The minimum absolute atomic E-state index is 0.125. The summed E-state index contributed by atoms with van der Waals surface area (Å²) in [5, 5.41) is 9.20. The summed E-state index contributed by atoms with van der Waals surface area (Å²) in [5.41, 5.74) is 1.76. The van der Waals surface area contributed by atoms with Gasteiger partial charge >= 0.3 is 5.97 Å². The number of aliphatic carboxylic acids is 1. The molecular formula is C15H18ClFO2. The monoisotopic (exact) mass is 284 g/mol. The minimum Gasteiger partial charge on any atom is -0.479 e. The lowest BCUT2D eigenvalue weighted by molar-refractivity contribution is -0.142. The van der Waals surface area contributed by atoms with Crippen LogP contribution in [0, 0.1) is 0 Å². The Morgan fingerprint density at radius 2 is 2.05 bits per heavy atom. The topological polar surface area (TPSA) is 37.3 Å². The molecule has 1 atom stereocenters.